The molecule has 4 rings (SSSR count). The van der Waals surface area contributed by atoms with Gasteiger partial charge in [-0.3, -0.25) is 9.59 Å². The zero-order valence-corrected chi connectivity index (χ0v) is 20.3. The number of nitrogens with zero attached hydrogens (tertiary/aromatic N) is 3. The van der Waals surface area contributed by atoms with Crippen LogP contribution in [0.4, 0.5) is 5.69 Å². The van der Waals surface area contributed by atoms with Gasteiger partial charge in [0.2, 0.25) is 0 Å². The summed E-state index contributed by atoms with van der Waals surface area (Å²) >= 11 is 5.84. The maximum Gasteiger partial charge on any atom is 0.329 e. The van der Waals surface area contributed by atoms with Crippen LogP contribution in [0.15, 0.2) is 90.2 Å². The molecule has 1 heterocycles. The van der Waals surface area contributed by atoms with Gasteiger partial charge in [0.1, 0.15) is 11.4 Å². The fourth-order valence-corrected chi connectivity index (χ4v) is 3.41. The van der Waals surface area contributed by atoms with Gasteiger partial charge in [0.15, 0.2) is 0 Å². The number of hydrogen-bond acceptors (Lipinski definition) is 5. The third-order valence-electron chi connectivity index (χ3n) is 5.04. The number of ether oxygens (including phenoxy) is 1. The van der Waals surface area contributed by atoms with Gasteiger partial charge in [0, 0.05) is 28.0 Å². The van der Waals surface area contributed by atoms with Crippen molar-refractivity contribution >= 4 is 35.3 Å². The Morgan fingerprint density at radius 2 is 1.72 bits per heavy atom. The van der Waals surface area contributed by atoms with E-state index in [4.69, 9.17) is 21.4 Å². The Bertz CT molecular complexity index is 1350. The summed E-state index contributed by atoms with van der Waals surface area (Å²) in [6.45, 7) is 2.70. The number of aromatic nitrogens is 2. The van der Waals surface area contributed by atoms with Crippen molar-refractivity contribution in [1.82, 2.24) is 15.2 Å². The third kappa shape index (κ3) is 6.37. The summed E-state index contributed by atoms with van der Waals surface area (Å²) in [4.78, 5) is 24.4. The minimum Gasteiger partial charge on any atom is -0.494 e. The third-order valence-corrected chi connectivity index (χ3v) is 5.29. The summed E-state index contributed by atoms with van der Waals surface area (Å²) < 4.78 is 7.40. The summed E-state index contributed by atoms with van der Waals surface area (Å²) in [5, 5.41) is 11.7. The molecule has 0 aliphatic carbocycles. The van der Waals surface area contributed by atoms with Crippen molar-refractivity contribution in [1.29, 1.82) is 0 Å². The van der Waals surface area contributed by atoms with Crippen LogP contribution in [0.3, 0.4) is 0 Å². The van der Waals surface area contributed by atoms with Gasteiger partial charge in [0.05, 0.1) is 18.5 Å². The minimum atomic E-state index is -0.907. The summed E-state index contributed by atoms with van der Waals surface area (Å²) in [6.07, 6.45) is 4.18. The molecule has 3 aromatic carbocycles. The Kier molecular flexibility index (Phi) is 8.10. The molecule has 4 aromatic rings. The molecule has 8 nitrogen and oxygen atoms in total. The molecule has 182 valence electrons. The maximum atomic E-state index is 12.2. The normalized spacial score (nSPS) is 10.8. The van der Waals surface area contributed by atoms with Crippen molar-refractivity contribution in [3.63, 3.8) is 0 Å². The molecule has 1 aromatic heterocycles. The topological polar surface area (TPSA) is 97.6 Å². The minimum absolute atomic E-state index is 0.446. The number of halogens is 1. The van der Waals surface area contributed by atoms with E-state index in [2.05, 4.69) is 22.8 Å². The Balaban J connectivity index is 1.52. The largest absolute Gasteiger partial charge is 0.494 e. The number of amides is 2. The lowest BCUT2D eigenvalue weighted by Crippen LogP contribution is -2.32. The van der Waals surface area contributed by atoms with Crippen LogP contribution in [0, 0.1) is 0 Å². The highest BCUT2D eigenvalue weighted by molar-refractivity contribution is 6.39. The highest BCUT2D eigenvalue weighted by Gasteiger charge is 2.14. The number of hydrazone groups is 1. The molecule has 0 fully saturated rings. The molecule has 0 atom stereocenters. The molecule has 36 heavy (non-hydrogen) atoms. The molecule has 0 aliphatic rings. The van der Waals surface area contributed by atoms with Gasteiger partial charge in [0.25, 0.3) is 0 Å². The highest BCUT2D eigenvalue weighted by atomic mass is 35.5. The number of rotatable bonds is 8. The molecule has 0 spiro atoms. The molecule has 0 aliphatic heterocycles. The monoisotopic (exact) mass is 501 g/mol. The quantitative estimate of drug-likeness (QED) is 0.200. The Morgan fingerprint density at radius 3 is 2.42 bits per heavy atom. The molecule has 2 amide bonds. The van der Waals surface area contributed by atoms with E-state index in [9.17, 15) is 9.59 Å². The van der Waals surface area contributed by atoms with Crippen molar-refractivity contribution < 1.29 is 14.3 Å². The number of nitrogens with one attached hydrogen (secondary N) is 2. The zero-order chi connectivity index (χ0) is 25.3. The molecule has 0 bridgehead atoms. The maximum absolute atomic E-state index is 12.2. The number of anilines is 1. The van der Waals surface area contributed by atoms with E-state index < -0.39 is 11.8 Å². The van der Waals surface area contributed by atoms with Crippen molar-refractivity contribution in [3.8, 4) is 22.7 Å². The fraction of sp³-hybridized carbons (Fsp3) is 0.111. The second-order valence-electron chi connectivity index (χ2n) is 7.75. The standard InChI is InChI=1S/C27H24ClN5O3/c1-2-16-36-24-14-8-19(9-15-24)25-20(18-33(32-25)23-6-4-3-5-7-23)17-29-31-27(35)26(34)30-22-12-10-21(28)11-13-22/h3-15,17-18H,2,16H2,1H3,(H,30,34)(H,31,35)/b29-17-. The number of carbonyl (C=O) groups excluding carboxylic acids is 2. The predicted molar refractivity (Wildman–Crippen MR) is 141 cm³/mol. The number of benzene rings is 3. The molecule has 0 saturated heterocycles. The first-order valence-corrected chi connectivity index (χ1v) is 11.7. The van der Waals surface area contributed by atoms with Gasteiger partial charge in [-0.05, 0) is 67.1 Å². The lowest BCUT2D eigenvalue weighted by Gasteiger charge is -2.05. The molecular formula is C27H24ClN5O3. The van der Waals surface area contributed by atoms with Crippen molar-refractivity contribution in [3.05, 3.63) is 95.6 Å². The number of hydrogen-bond donors (Lipinski definition) is 2. The van der Waals surface area contributed by atoms with Gasteiger partial charge < -0.3 is 10.1 Å². The first-order chi connectivity index (χ1) is 17.5. The van der Waals surface area contributed by atoms with Crippen LogP contribution in [-0.2, 0) is 9.59 Å². The summed E-state index contributed by atoms with van der Waals surface area (Å²) in [7, 11) is 0. The van der Waals surface area contributed by atoms with Crippen LogP contribution < -0.4 is 15.5 Å². The van der Waals surface area contributed by atoms with Gasteiger partial charge in [-0.25, -0.2) is 10.1 Å². The van der Waals surface area contributed by atoms with E-state index in [1.165, 1.54) is 6.21 Å². The molecule has 0 saturated carbocycles. The highest BCUT2D eigenvalue weighted by Crippen LogP contribution is 2.25. The predicted octanol–water partition coefficient (Wildman–Crippen LogP) is 5.07. The van der Waals surface area contributed by atoms with E-state index in [-0.39, 0.29) is 0 Å². The van der Waals surface area contributed by atoms with Crippen LogP contribution >= 0.6 is 11.6 Å². The number of para-hydroxylation sites is 1. The first kappa shape index (κ1) is 24.7. The lowest BCUT2D eigenvalue weighted by molar-refractivity contribution is -0.136. The zero-order valence-electron chi connectivity index (χ0n) is 19.5. The summed E-state index contributed by atoms with van der Waals surface area (Å²) in [5.74, 6) is -0.981. The molecule has 9 heteroatoms. The van der Waals surface area contributed by atoms with Crippen LogP contribution in [0.25, 0.3) is 16.9 Å². The van der Waals surface area contributed by atoms with E-state index in [0.29, 0.717) is 28.6 Å². The average Bonchev–Trinajstić information content (AvgIpc) is 3.33. The Labute approximate surface area is 213 Å². The van der Waals surface area contributed by atoms with Crippen LogP contribution in [0.1, 0.15) is 18.9 Å². The van der Waals surface area contributed by atoms with Crippen LogP contribution in [0.5, 0.6) is 5.75 Å². The van der Waals surface area contributed by atoms with Crippen LogP contribution in [0.2, 0.25) is 5.02 Å². The van der Waals surface area contributed by atoms with Gasteiger partial charge in [-0.1, -0.05) is 36.7 Å². The van der Waals surface area contributed by atoms with Gasteiger partial charge >= 0.3 is 11.8 Å². The Hall–Kier alpha value is -4.43. The second-order valence-corrected chi connectivity index (χ2v) is 8.18. The molecule has 0 radical (unpaired) electrons. The summed E-state index contributed by atoms with van der Waals surface area (Å²) in [6, 6.07) is 23.7. The van der Waals surface area contributed by atoms with E-state index in [0.717, 1.165) is 23.4 Å². The van der Waals surface area contributed by atoms with Crippen molar-refractivity contribution in [2.24, 2.45) is 5.10 Å². The fourth-order valence-electron chi connectivity index (χ4n) is 3.28. The lowest BCUT2D eigenvalue weighted by atomic mass is 10.1. The Morgan fingerprint density at radius 1 is 1.00 bits per heavy atom. The summed E-state index contributed by atoms with van der Waals surface area (Å²) in [5.41, 5.74) is 5.73. The first-order valence-electron chi connectivity index (χ1n) is 11.3. The van der Waals surface area contributed by atoms with Gasteiger partial charge in [-0.15, -0.1) is 0 Å². The van der Waals surface area contributed by atoms with Crippen molar-refractivity contribution in [2.75, 3.05) is 11.9 Å². The van der Waals surface area contributed by atoms with Crippen molar-refractivity contribution in [2.45, 2.75) is 13.3 Å². The number of carbonyl (C=O) groups is 2. The second kappa shape index (κ2) is 11.8. The smallest absolute Gasteiger partial charge is 0.329 e. The van der Waals surface area contributed by atoms with Gasteiger partial charge in [-0.2, -0.15) is 10.2 Å². The van der Waals surface area contributed by atoms with E-state index in [1.54, 1.807) is 35.1 Å². The molecular weight excluding hydrogens is 478 g/mol. The molecule has 2 N–H and O–H groups in total. The van der Waals surface area contributed by atoms with E-state index >= 15 is 0 Å². The van der Waals surface area contributed by atoms with E-state index in [1.807, 2.05) is 54.6 Å². The SMILES string of the molecule is CCCOc1ccc(-c2nn(-c3ccccc3)cc2/C=N\NC(=O)C(=O)Nc2ccc(Cl)cc2)cc1. The van der Waals surface area contributed by atoms with Crippen LogP contribution in [-0.4, -0.2) is 34.4 Å². The average molecular weight is 502 g/mol. The molecule has 0 unspecified atom stereocenters.